The molecule has 0 radical (unpaired) electrons. The van der Waals surface area contributed by atoms with E-state index >= 15 is 0 Å². The smallest absolute Gasteiger partial charge is 0.306 e. The Balaban J connectivity index is 4.16. The topological polar surface area (TPSA) is 66.4 Å². The monoisotopic (exact) mass is 243 g/mol. The molecule has 0 aliphatic rings. The molecule has 0 saturated carbocycles. The van der Waals surface area contributed by atoms with E-state index < -0.39 is 23.5 Å². The van der Waals surface area contributed by atoms with Gasteiger partial charge in [-0.25, -0.2) is 0 Å². The third-order valence-electron chi connectivity index (χ3n) is 2.32. The van der Waals surface area contributed by atoms with Gasteiger partial charge in [-0.1, -0.05) is 26.2 Å². The first kappa shape index (κ1) is 15.9. The lowest BCUT2D eigenvalue weighted by Crippen LogP contribution is -2.34. The normalized spacial score (nSPS) is 13.2. The molecule has 0 aromatic rings. The standard InChI is InChI=1S/C13H24O4/c1-5-6-7-8-10(12(15)16)9-11(14)17-13(2,3)4/h10H,5-9H2,1-4H3,(H,15,16)/p-1/t10-/m1/s1. The van der Waals surface area contributed by atoms with Crippen LogP contribution in [0, 0.1) is 5.92 Å². The average molecular weight is 243 g/mol. The second-order valence-corrected chi connectivity index (χ2v) is 5.30. The van der Waals surface area contributed by atoms with Crippen molar-refractivity contribution in [1.82, 2.24) is 0 Å². The van der Waals surface area contributed by atoms with Gasteiger partial charge in [0.2, 0.25) is 0 Å². The van der Waals surface area contributed by atoms with E-state index in [1.807, 2.05) is 6.92 Å². The number of carbonyl (C=O) groups is 2. The Kier molecular flexibility index (Phi) is 6.85. The van der Waals surface area contributed by atoms with E-state index in [1.54, 1.807) is 20.8 Å². The number of ether oxygens (including phenoxy) is 1. The predicted molar refractivity (Wildman–Crippen MR) is 63.1 cm³/mol. The Hall–Kier alpha value is -1.06. The number of unbranched alkanes of at least 4 members (excludes halogenated alkanes) is 2. The maximum atomic E-state index is 11.5. The van der Waals surface area contributed by atoms with Crippen LogP contribution in [0.4, 0.5) is 0 Å². The van der Waals surface area contributed by atoms with Crippen LogP contribution in [-0.4, -0.2) is 17.5 Å². The highest BCUT2D eigenvalue weighted by Crippen LogP contribution is 2.16. The first-order valence-electron chi connectivity index (χ1n) is 6.19. The largest absolute Gasteiger partial charge is 0.550 e. The van der Waals surface area contributed by atoms with Gasteiger partial charge in [0.15, 0.2) is 0 Å². The number of hydrogen-bond acceptors (Lipinski definition) is 4. The zero-order valence-corrected chi connectivity index (χ0v) is 11.2. The fourth-order valence-corrected chi connectivity index (χ4v) is 1.53. The minimum Gasteiger partial charge on any atom is -0.550 e. The highest BCUT2D eigenvalue weighted by atomic mass is 16.6. The van der Waals surface area contributed by atoms with E-state index in [4.69, 9.17) is 4.74 Å². The maximum Gasteiger partial charge on any atom is 0.306 e. The molecule has 0 fully saturated rings. The summed E-state index contributed by atoms with van der Waals surface area (Å²) in [4.78, 5) is 22.4. The molecule has 0 aromatic carbocycles. The summed E-state index contributed by atoms with van der Waals surface area (Å²) < 4.78 is 5.09. The van der Waals surface area contributed by atoms with Crippen LogP contribution in [0.15, 0.2) is 0 Å². The van der Waals surface area contributed by atoms with Gasteiger partial charge < -0.3 is 14.6 Å². The van der Waals surface area contributed by atoms with Gasteiger partial charge in [0.05, 0.1) is 6.42 Å². The lowest BCUT2D eigenvalue weighted by molar-refractivity contribution is -0.312. The average Bonchev–Trinajstić information content (AvgIpc) is 2.13. The Morgan fingerprint density at radius 3 is 2.24 bits per heavy atom. The summed E-state index contributed by atoms with van der Waals surface area (Å²) in [6.07, 6.45) is 3.18. The van der Waals surface area contributed by atoms with E-state index in [0.717, 1.165) is 19.3 Å². The van der Waals surface area contributed by atoms with Crippen molar-refractivity contribution < 1.29 is 19.4 Å². The molecular weight excluding hydrogens is 220 g/mol. The van der Waals surface area contributed by atoms with Crippen molar-refractivity contribution in [2.24, 2.45) is 5.92 Å². The highest BCUT2D eigenvalue weighted by molar-refractivity contribution is 5.77. The highest BCUT2D eigenvalue weighted by Gasteiger charge is 2.20. The molecule has 0 spiro atoms. The number of aliphatic carboxylic acids is 1. The van der Waals surface area contributed by atoms with Crippen molar-refractivity contribution in [3.8, 4) is 0 Å². The van der Waals surface area contributed by atoms with Crippen LogP contribution in [0.3, 0.4) is 0 Å². The predicted octanol–water partition coefficient (Wildman–Crippen LogP) is 1.66. The third-order valence-corrected chi connectivity index (χ3v) is 2.32. The number of carboxylic acids is 1. The molecule has 0 amide bonds. The van der Waals surface area contributed by atoms with Crippen LogP contribution in [0.25, 0.3) is 0 Å². The van der Waals surface area contributed by atoms with Gasteiger partial charge in [-0.3, -0.25) is 4.79 Å². The Morgan fingerprint density at radius 2 is 1.82 bits per heavy atom. The van der Waals surface area contributed by atoms with Gasteiger partial charge in [-0.05, 0) is 27.2 Å². The van der Waals surface area contributed by atoms with Crippen molar-refractivity contribution in [2.45, 2.75) is 65.4 Å². The number of esters is 1. The third kappa shape index (κ3) is 8.72. The lowest BCUT2D eigenvalue weighted by Gasteiger charge is -2.22. The first-order chi connectivity index (χ1) is 7.76. The minimum atomic E-state index is -1.16. The van der Waals surface area contributed by atoms with Gasteiger partial charge in [-0.15, -0.1) is 0 Å². The molecule has 4 heteroatoms. The molecule has 0 aromatic heterocycles. The summed E-state index contributed by atoms with van der Waals surface area (Å²) in [5, 5.41) is 10.9. The van der Waals surface area contributed by atoms with E-state index in [1.165, 1.54) is 0 Å². The van der Waals surface area contributed by atoms with Crippen molar-refractivity contribution in [1.29, 1.82) is 0 Å². The fraction of sp³-hybridized carbons (Fsp3) is 0.846. The first-order valence-corrected chi connectivity index (χ1v) is 6.19. The van der Waals surface area contributed by atoms with Crippen molar-refractivity contribution in [2.75, 3.05) is 0 Å². The zero-order valence-electron chi connectivity index (χ0n) is 11.2. The molecule has 0 unspecified atom stereocenters. The van der Waals surface area contributed by atoms with Crippen LogP contribution in [0.1, 0.15) is 59.8 Å². The number of carbonyl (C=O) groups excluding carboxylic acids is 2. The summed E-state index contributed by atoms with van der Waals surface area (Å²) in [5.74, 6) is -2.36. The Bertz CT molecular complexity index is 253. The zero-order chi connectivity index (χ0) is 13.5. The Morgan fingerprint density at radius 1 is 1.24 bits per heavy atom. The van der Waals surface area contributed by atoms with Gasteiger partial charge in [-0.2, -0.15) is 0 Å². The molecule has 0 heterocycles. The van der Waals surface area contributed by atoms with Crippen molar-refractivity contribution >= 4 is 11.9 Å². The summed E-state index contributed by atoms with van der Waals surface area (Å²) in [5.41, 5.74) is -0.572. The molecule has 4 nitrogen and oxygen atoms in total. The lowest BCUT2D eigenvalue weighted by atomic mass is 9.98. The molecule has 0 saturated heterocycles. The molecule has 0 N–H and O–H groups in total. The molecule has 0 bridgehead atoms. The van der Waals surface area contributed by atoms with Crippen LogP contribution in [-0.2, 0) is 14.3 Å². The summed E-state index contributed by atoms with van der Waals surface area (Å²) in [6, 6.07) is 0. The van der Waals surface area contributed by atoms with Crippen molar-refractivity contribution in [3.05, 3.63) is 0 Å². The molecular formula is C13H23O4-. The van der Waals surface area contributed by atoms with E-state index in [9.17, 15) is 14.7 Å². The van der Waals surface area contributed by atoms with E-state index in [-0.39, 0.29) is 6.42 Å². The van der Waals surface area contributed by atoms with Crippen LogP contribution in [0.5, 0.6) is 0 Å². The molecule has 1 atom stereocenters. The van der Waals surface area contributed by atoms with Gasteiger partial charge in [0.1, 0.15) is 5.60 Å². The molecule has 0 rings (SSSR count). The summed E-state index contributed by atoms with van der Waals surface area (Å²) in [6.45, 7) is 7.32. The Labute approximate surface area is 103 Å². The second kappa shape index (κ2) is 7.30. The summed E-state index contributed by atoms with van der Waals surface area (Å²) in [7, 11) is 0. The number of hydrogen-bond donors (Lipinski definition) is 0. The molecule has 17 heavy (non-hydrogen) atoms. The second-order valence-electron chi connectivity index (χ2n) is 5.30. The maximum absolute atomic E-state index is 11.5. The molecule has 0 aliphatic heterocycles. The minimum absolute atomic E-state index is 0.0939. The van der Waals surface area contributed by atoms with Crippen LogP contribution >= 0.6 is 0 Å². The number of rotatable bonds is 7. The van der Waals surface area contributed by atoms with E-state index in [2.05, 4.69) is 0 Å². The molecule has 0 aliphatic carbocycles. The van der Waals surface area contributed by atoms with Gasteiger partial charge in [0.25, 0.3) is 0 Å². The molecule has 100 valence electrons. The summed E-state index contributed by atoms with van der Waals surface area (Å²) >= 11 is 0. The van der Waals surface area contributed by atoms with Crippen LogP contribution < -0.4 is 5.11 Å². The van der Waals surface area contributed by atoms with Gasteiger partial charge >= 0.3 is 5.97 Å². The van der Waals surface area contributed by atoms with Crippen molar-refractivity contribution in [3.63, 3.8) is 0 Å². The SMILES string of the molecule is CCCCC[C@H](CC(=O)OC(C)(C)C)C(=O)[O-]. The van der Waals surface area contributed by atoms with Gasteiger partial charge in [0, 0.05) is 11.9 Å². The fourth-order valence-electron chi connectivity index (χ4n) is 1.53. The number of carboxylic acid groups (broad SMARTS) is 1. The van der Waals surface area contributed by atoms with Crippen LogP contribution in [0.2, 0.25) is 0 Å². The van der Waals surface area contributed by atoms with E-state index in [0.29, 0.717) is 6.42 Å². The quantitative estimate of drug-likeness (QED) is 0.504.